The molecule has 0 saturated heterocycles. The van der Waals surface area contributed by atoms with Gasteiger partial charge in [-0.1, -0.05) is 0 Å². The predicted molar refractivity (Wildman–Crippen MR) is 43.7 cm³/mol. The predicted octanol–water partition coefficient (Wildman–Crippen LogP) is 0.447. The summed E-state index contributed by atoms with van der Waals surface area (Å²) in [5.74, 6) is -0.795. The van der Waals surface area contributed by atoms with E-state index in [1.54, 1.807) is 0 Å². The average Bonchev–Trinajstić information content (AvgIpc) is 1.96. The second kappa shape index (κ2) is 3.34. The largest absolute Gasteiger partial charge is 0.481 e. The molecule has 1 heterocycles. The van der Waals surface area contributed by atoms with Crippen molar-refractivity contribution in [2.75, 3.05) is 0 Å². The highest BCUT2D eigenvalue weighted by molar-refractivity contribution is 5.69. The van der Waals surface area contributed by atoms with Crippen LogP contribution in [0.1, 0.15) is 11.3 Å². The number of hydrogen-bond donors (Lipinski definition) is 1. The summed E-state index contributed by atoms with van der Waals surface area (Å²) < 4.78 is 1.82. The first-order valence-corrected chi connectivity index (χ1v) is 3.76. The number of aryl methyl sites for hydroxylation is 2. The van der Waals surface area contributed by atoms with E-state index in [2.05, 4.69) is 0 Å². The van der Waals surface area contributed by atoms with Gasteiger partial charge in [-0.2, -0.15) is 0 Å². The maximum absolute atomic E-state index is 10.4. The Labute approximate surface area is 71.3 Å². The molecule has 0 aromatic carbocycles. The molecule has 1 N–H and O–H groups in total. The van der Waals surface area contributed by atoms with Crippen LogP contribution in [0.4, 0.5) is 0 Å². The fourth-order valence-electron chi connectivity index (χ4n) is 1.07. The summed E-state index contributed by atoms with van der Waals surface area (Å²) in [6, 6.07) is 3.83. The van der Waals surface area contributed by atoms with Crippen molar-refractivity contribution in [3.05, 3.63) is 29.6 Å². The molecule has 3 heteroatoms. The summed E-state index contributed by atoms with van der Waals surface area (Å²) in [5, 5.41) is 8.57. The van der Waals surface area contributed by atoms with E-state index >= 15 is 0 Å². The molecule has 0 aliphatic rings. The molecular weight excluding hydrogens is 154 g/mol. The van der Waals surface area contributed by atoms with E-state index in [0.717, 1.165) is 11.3 Å². The fraction of sp³-hybridized carbons (Fsp3) is 0.333. The van der Waals surface area contributed by atoms with Crippen LogP contribution in [-0.2, 0) is 18.3 Å². The number of nitrogens with zero attached hydrogens (tertiary/aromatic N) is 1. The van der Waals surface area contributed by atoms with Gasteiger partial charge in [0.15, 0.2) is 11.9 Å². The Kier molecular flexibility index (Phi) is 2.43. The third-order valence-corrected chi connectivity index (χ3v) is 1.74. The Morgan fingerprint density at radius 2 is 2.33 bits per heavy atom. The number of pyridine rings is 1. The molecule has 0 aliphatic carbocycles. The van der Waals surface area contributed by atoms with Crippen molar-refractivity contribution >= 4 is 5.97 Å². The van der Waals surface area contributed by atoms with Crippen LogP contribution < -0.4 is 4.57 Å². The topological polar surface area (TPSA) is 41.2 Å². The van der Waals surface area contributed by atoms with E-state index in [9.17, 15) is 4.79 Å². The Hall–Kier alpha value is -1.38. The lowest BCUT2D eigenvalue weighted by atomic mass is 10.2. The SMILES string of the molecule is Cc1cc[n+](C)c(CC(=O)O)c1. The van der Waals surface area contributed by atoms with Crippen molar-refractivity contribution in [3.63, 3.8) is 0 Å². The minimum atomic E-state index is -0.795. The van der Waals surface area contributed by atoms with Gasteiger partial charge in [-0.25, -0.2) is 4.57 Å². The van der Waals surface area contributed by atoms with Crippen LogP contribution in [0.5, 0.6) is 0 Å². The second-order valence-electron chi connectivity index (χ2n) is 2.88. The van der Waals surface area contributed by atoms with Crippen LogP contribution >= 0.6 is 0 Å². The Morgan fingerprint density at radius 3 is 2.92 bits per heavy atom. The summed E-state index contributed by atoms with van der Waals surface area (Å²) in [5.41, 5.74) is 1.91. The maximum atomic E-state index is 10.4. The lowest BCUT2D eigenvalue weighted by Crippen LogP contribution is -2.34. The third-order valence-electron chi connectivity index (χ3n) is 1.74. The van der Waals surface area contributed by atoms with Crippen molar-refractivity contribution in [1.82, 2.24) is 0 Å². The van der Waals surface area contributed by atoms with Crippen molar-refractivity contribution in [2.24, 2.45) is 7.05 Å². The quantitative estimate of drug-likeness (QED) is 0.648. The van der Waals surface area contributed by atoms with Crippen molar-refractivity contribution in [1.29, 1.82) is 0 Å². The zero-order valence-corrected chi connectivity index (χ0v) is 7.24. The van der Waals surface area contributed by atoms with Crippen LogP contribution in [0, 0.1) is 6.92 Å². The summed E-state index contributed by atoms with van der Waals surface area (Å²) in [4.78, 5) is 10.4. The van der Waals surface area contributed by atoms with E-state index in [-0.39, 0.29) is 6.42 Å². The second-order valence-corrected chi connectivity index (χ2v) is 2.88. The van der Waals surface area contributed by atoms with Crippen LogP contribution in [-0.4, -0.2) is 11.1 Å². The number of aliphatic carboxylic acids is 1. The van der Waals surface area contributed by atoms with Crippen LogP contribution in [0.3, 0.4) is 0 Å². The number of carboxylic acid groups (broad SMARTS) is 1. The Morgan fingerprint density at radius 1 is 1.67 bits per heavy atom. The van der Waals surface area contributed by atoms with Crippen molar-refractivity contribution in [2.45, 2.75) is 13.3 Å². The number of aromatic nitrogens is 1. The van der Waals surface area contributed by atoms with Gasteiger partial charge in [-0.05, 0) is 12.5 Å². The summed E-state index contributed by atoms with van der Waals surface area (Å²) >= 11 is 0. The molecule has 3 nitrogen and oxygen atoms in total. The molecule has 64 valence electrons. The van der Waals surface area contributed by atoms with Crippen LogP contribution in [0.2, 0.25) is 0 Å². The Balaban J connectivity index is 2.97. The Bertz CT molecular complexity index is 307. The van der Waals surface area contributed by atoms with Gasteiger partial charge in [0, 0.05) is 12.1 Å². The number of carbonyl (C=O) groups is 1. The monoisotopic (exact) mass is 166 g/mol. The molecule has 0 amide bonds. The molecule has 0 saturated carbocycles. The highest BCUT2D eigenvalue weighted by Crippen LogP contribution is 1.98. The fourth-order valence-corrected chi connectivity index (χ4v) is 1.07. The molecule has 0 atom stereocenters. The molecule has 1 aromatic rings. The maximum Gasteiger partial charge on any atom is 0.314 e. The molecular formula is C9H12NO2+. The molecule has 0 spiro atoms. The minimum Gasteiger partial charge on any atom is -0.481 e. The van der Waals surface area contributed by atoms with Gasteiger partial charge in [-0.15, -0.1) is 0 Å². The smallest absolute Gasteiger partial charge is 0.314 e. The van der Waals surface area contributed by atoms with Gasteiger partial charge in [0.05, 0.1) is 0 Å². The van der Waals surface area contributed by atoms with Crippen LogP contribution in [0.15, 0.2) is 18.3 Å². The molecule has 1 rings (SSSR count). The summed E-state index contributed by atoms with van der Waals surface area (Å²) in [7, 11) is 1.84. The van der Waals surface area contributed by atoms with Crippen molar-refractivity contribution < 1.29 is 14.5 Å². The first kappa shape index (κ1) is 8.71. The molecule has 0 radical (unpaired) electrons. The van der Waals surface area contributed by atoms with Gasteiger partial charge >= 0.3 is 5.97 Å². The van der Waals surface area contributed by atoms with E-state index in [0.29, 0.717) is 0 Å². The van der Waals surface area contributed by atoms with E-state index in [1.807, 2.05) is 36.9 Å². The van der Waals surface area contributed by atoms with Gasteiger partial charge in [-0.3, -0.25) is 4.79 Å². The zero-order valence-electron chi connectivity index (χ0n) is 7.24. The van der Waals surface area contributed by atoms with Gasteiger partial charge in [0.1, 0.15) is 13.5 Å². The number of rotatable bonds is 2. The molecule has 0 bridgehead atoms. The first-order valence-electron chi connectivity index (χ1n) is 3.76. The van der Waals surface area contributed by atoms with E-state index in [4.69, 9.17) is 5.11 Å². The highest BCUT2D eigenvalue weighted by atomic mass is 16.4. The molecule has 12 heavy (non-hydrogen) atoms. The normalized spacial score (nSPS) is 9.83. The highest BCUT2D eigenvalue weighted by Gasteiger charge is 2.10. The minimum absolute atomic E-state index is 0.0815. The van der Waals surface area contributed by atoms with Gasteiger partial charge < -0.3 is 5.11 Å². The summed E-state index contributed by atoms with van der Waals surface area (Å²) in [6.45, 7) is 1.95. The summed E-state index contributed by atoms with van der Waals surface area (Å²) in [6.07, 6.45) is 1.95. The average molecular weight is 166 g/mol. The van der Waals surface area contributed by atoms with E-state index in [1.165, 1.54) is 0 Å². The number of hydrogen-bond acceptors (Lipinski definition) is 1. The zero-order chi connectivity index (χ0) is 9.14. The van der Waals surface area contributed by atoms with Gasteiger partial charge in [0.2, 0.25) is 0 Å². The van der Waals surface area contributed by atoms with Crippen LogP contribution in [0.25, 0.3) is 0 Å². The standard InChI is InChI=1S/C9H11NO2/c1-7-3-4-10(2)8(5-7)6-9(11)12/h3-5H,6H2,1-2H3/p+1. The molecule has 0 aliphatic heterocycles. The molecule has 1 aromatic heterocycles. The van der Waals surface area contributed by atoms with Crippen molar-refractivity contribution in [3.8, 4) is 0 Å². The third kappa shape index (κ3) is 2.05. The lowest BCUT2D eigenvalue weighted by Gasteiger charge is -1.97. The van der Waals surface area contributed by atoms with Gasteiger partial charge in [0.25, 0.3) is 0 Å². The number of carboxylic acids is 1. The van der Waals surface area contributed by atoms with E-state index < -0.39 is 5.97 Å². The molecule has 0 unspecified atom stereocenters. The molecule has 0 fully saturated rings. The lowest BCUT2D eigenvalue weighted by molar-refractivity contribution is -0.678. The first-order chi connectivity index (χ1) is 5.59.